The third-order valence-corrected chi connectivity index (χ3v) is 5.27. The number of nitrogens with one attached hydrogen (secondary N) is 1. The number of hydrogen-bond acceptors (Lipinski definition) is 4. The van der Waals surface area contributed by atoms with Crippen molar-refractivity contribution >= 4 is 28.4 Å². The van der Waals surface area contributed by atoms with Gasteiger partial charge in [-0.3, -0.25) is 14.6 Å². The van der Waals surface area contributed by atoms with Crippen LogP contribution < -0.4 is 5.32 Å². The number of benzene rings is 2. The first kappa shape index (κ1) is 21.2. The molecular weight excluding hydrogens is 400 g/mol. The fourth-order valence-electron chi connectivity index (χ4n) is 3.63. The van der Waals surface area contributed by atoms with Gasteiger partial charge in [0.05, 0.1) is 29.0 Å². The number of aryl methyl sites for hydroxylation is 1. The molecule has 6 heteroatoms. The molecule has 0 atom stereocenters. The number of anilines is 1. The van der Waals surface area contributed by atoms with Gasteiger partial charge in [0, 0.05) is 24.3 Å². The number of nitrogens with zero attached hydrogens (tertiary/aromatic N) is 3. The van der Waals surface area contributed by atoms with Crippen LogP contribution in [0.3, 0.4) is 0 Å². The van der Waals surface area contributed by atoms with E-state index in [1.54, 1.807) is 19.3 Å². The number of para-hydroxylation sites is 2. The lowest BCUT2D eigenvalue weighted by molar-refractivity contribution is -0.116. The lowest BCUT2D eigenvalue weighted by Gasteiger charge is -2.19. The third-order valence-electron chi connectivity index (χ3n) is 5.27. The molecule has 0 unspecified atom stereocenters. The van der Waals surface area contributed by atoms with Gasteiger partial charge in [-0.25, -0.2) is 4.98 Å². The fraction of sp³-hybridized carbons (Fsp3) is 0.154. The van der Waals surface area contributed by atoms with E-state index >= 15 is 0 Å². The van der Waals surface area contributed by atoms with Crippen molar-refractivity contribution in [2.75, 3.05) is 18.9 Å². The summed E-state index contributed by atoms with van der Waals surface area (Å²) in [6.45, 7) is 1.97. The van der Waals surface area contributed by atoms with Gasteiger partial charge in [0.25, 0.3) is 5.91 Å². The van der Waals surface area contributed by atoms with Gasteiger partial charge < -0.3 is 10.2 Å². The molecule has 0 aliphatic carbocycles. The molecule has 4 aromatic rings. The monoisotopic (exact) mass is 424 g/mol. The zero-order valence-electron chi connectivity index (χ0n) is 18.1. The van der Waals surface area contributed by atoms with Crippen LogP contribution in [0.5, 0.6) is 0 Å². The topological polar surface area (TPSA) is 75.2 Å². The molecule has 2 aromatic heterocycles. The van der Waals surface area contributed by atoms with Gasteiger partial charge in [-0.1, -0.05) is 49.4 Å². The molecule has 0 saturated carbocycles. The Balaban J connectivity index is 1.60. The van der Waals surface area contributed by atoms with E-state index in [1.165, 1.54) is 4.90 Å². The Labute approximate surface area is 186 Å². The molecule has 2 heterocycles. The predicted molar refractivity (Wildman–Crippen MR) is 126 cm³/mol. The van der Waals surface area contributed by atoms with E-state index in [2.05, 4.69) is 15.3 Å². The molecule has 0 fully saturated rings. The molecule has 2 amide bonds. The maximum absolute atomic E-state index is 13.4. The lowest BCUT2D eigenvalue weighted by atomic mass is 10.0. The van der Waals surface area contributed by atoms with Crippen molar-refractivity contribution in [1.82, 2.24) is 14.9 Å². The molecule has 0 radical (unpaired) electrons. The first-order valence-corrected chi connectivity index (χ1v) is 10.5. The van der Waals surface area contributed by atoms with Gasteiger partial charge in [-0.05, 0) is 42.3 Å². The van der Waals surface area contributed by atoms with Crippen LogP contribution in [0.15, 0.2) is 79.0 Å². The molecule has 1 N–H and O–H groups in total. The summed E-state index contributed by atoms with van der Waals surface area (Å²) in [6.07, 6.45) is 2.50. The Morgan fingerprint density at radius 1 is 0.938 bits per heavy atom. The molecule has 160 valence electrons. The Morgan fingerprint density at radius 2 is 1.69 bits per heavy atom. The number of amides is 2. The minimum Gasteiger partial charge on any atom is -0.332 e. The van der Waals surface area contributed by atoms with E-state index in [9.17, 15) is 9.59 Å². The second kappa shape index (κ2) is 9.39. The summed E-state index contributed by atoms with van der Waals surface area (Å²) in [5.41, 5.74) is 4.31. The standard InChI is InChI=1S/C26H24N4O2/c1-3-18-10-4-6-12-21(18)29-25(31)17-30(2)26(32)20-16-24(23-14-8-9-15-27-23)28-22-13-7-5-11-19(20)22/h4-16H,3,17H2,1-2H3,(H,29,31). The molecule has 2 aromatic carbocycles. The minimum absolute atomic E-state index is 0.0630. The third kappa shape index (κ3) is 4.49. The van der Waals surface area contributed by atoms with Gasteiger partial charge in [0.2, 0.25) is 5.91 Å². The van der Waals surface area contributed by atoms with Gasteiger partial charge in [-0.2, -0.15) is 0 Å². The second-order valence-electron chi connectivity index (χ2n) is 7.51. The summed E-state index contributed by atoms with van der Waals surface area (Å²) in [7, 11) is 1.63. The lowest BCUT2D eigenvalue weighted by Crippen LogP contribution is -2.35. The minimum atomic E-state index is -0.250. The van der Waals surface area contributed by atoms with Crippen molar-refractivity contribution in [2.24, 2.45) is 0 Å². The highest BCUT2D eigenvalue weighted by atomic mass is 16.2. The zero-order valence-corrected chi connectivity index (χ0v) is 18.1. The quantitative estimate of drug-likeness (QED) is 0.492. The molecule has 0 bridgehead atoms. The van der Waals surface area contributed by atoms with Crippen LogP contribution in [0.1, 0.15) is 22.8 Å². The predicted octanol–water partition coefficient (Wildman–Crippen LogP) is 4.57. The van der Waals surface area contributed by atoms with Crippen LogP contribution in [-0.2, 0) is 11.2 Å². The highest BCUT2D eigenvalue weighted by Gasteiger charge is 2.20. The van der Waals surface area contributed by atoms with Crippen molar-refractivity contribution in [1.29, 1.82) is 0 Å². The number of carbonyl (C=O) groups excluding carboxylic acids is 2. The van der Waals surface area contributed by atoms with Crippen molar-refractivity contribution in [3.8, 4) is 11.4 Å². The molecule has 0 spiro atoms. The van der Waals surface area contributed by atoms with Gasteiger partial charge >= 0.3 is 0 Å². The number of pyridine rings is 2. The maximum atomic E-state index is 13.4. The number of carbonyl (C=O) groups is 2. The Hall–Kier alpha value is -4.06. The maximum Gasteiger partial charge on any atom is 0.254 e. The summed E-state index contributed by atoms with van der Waals surface area (Å²) in [5.74, 6) is -0.496. The first-order valence-electron chi connectivity index (χ1n) is 10.5. The Bertz CT molecular complexity index is 1270. The van der Waals surface area contributed by atoms with Gasteiger partial charge in [0.15, 0.2) is 0 Å². The molecule has 0 aliphatic heterocycles. The highest BCUT2D eigenvalue weighted by Crippen LogP contribution is 2.24. The average molecular weight is 425 g/mol. The van der Waals surface area contributed by atoms with Crippen LogP contribution in [-0.4, -0.2) is 40.3 Å². The normalized spacial score (nSPS) is 10.7. The van der Waals surface area contributed by atoms with E-state index in [-0.39, 0.29) is 18.4 Å². The Morgan fingerprint density at radius 3 is 2.47 bits per heavy atom. The van der Waals surface area contributed by atoms with Crippen molar-refractivity contribution in [3.63, 3.8) is 0 Å². The smallest absolute Gasteiger partial charge is 0.254 e. The van der Waals surface area contributed by atoms with Crippen LogP contribution in [0.25, 0.3) is 22.3 Å². The van der Waals surface area contributed by atoms with Crippen molar-refractivity contribution in [2.45, 2.75) is 13.3 Å². The number of aromatic nitrogens is 2. The second-order valence-corrected chi connectivity index (χ2v) is 7.51. The van der Waals surface area contributed by atoms with Gasteiger partial charge in [0.1, 0.15) is 0 Å². The van der Waals surface area contributed by atoms with Crippen molar-refractivity contribution in [3.05, 3.63) is 90.1 Å². The van der Waals surface area contributed by atoms with Crippen LogP contribution in [0.4, 0.5) is 5.69 Å². The average Bonchev–Trinajstić information content (AvgIpc) is 2.83. The summed E-state index contributed by atoms with van der Waals surface area (Å²) in [6, 6.07) is 22.5. The van der Waals surface area contributed by atoms with E-state index < -0.39 is 0 Å². The fourth-order valence-corrected chi connectivity index (χ4v) is 3.63. The van der Waals surface area contributed by atoms with E-state index in [0.717, 1.165) is 23.1 Å². The number of likely N-dealkylation sites (N-methyl/N-ethyl adjacent to an activating group) is 1. The molecule has 0 aliphatic rings. The summed E-state index contributed by atoms with van der Waals surface area (Å²) in [5, 5.41) is 3.65. The zero-order chi connectivity index (χ0) is 22.5. The van der Waals surface area contributed by atoms with Crippen LogP contribution >= 0.6 is 0 Å². The molecular formula is C26H24N4O2. The number of hydrogen-bond donors (Lipinski definition) is 1. The SMILES string of the molecule is CCc1ccccc1NC(=O)CN(C)C(=O)c1cc(-c2ccccn2)nc2ccccc12. The largest absolute Gasteiger partial charge is 0.332 e. The molecule has 4 rings (SSSR count). The first-order chi connectivity index (χ1) is 15.6. The Kier molecular flexibility index (Phi) is 6.22. The van der Waals surface area contributed by atoms with Crippen molar-refractivity contribution < 1.29 is 9.59 Å². The summed E-state index contributed by atoms with van der Waals surface area (Å²) < 4.78 is 0. The van der Waals surface area contributed by atoms with E-state index in [1.807, 2.05) is 73.7 Å². The van der Waals surface area contributed by atoms with E-state index in [4.69, 9.17) is 0 Å². The summed E-state index contributed by atoms with van der Waals surface area (Å²) in [4.78, 5) is 36.5. The number of fused-ring (bicyclic) bond motifs is 1. The van der Waals surface area contributed by atoms with E-state index in [0.29, 0.717) is 22.5 Å². The van der Waals surface area contributed by atoms with Gasteiger partial charge in [-0.15, -0.1) is 0 Å². The number of rotatable bonds is 6. The van der Waals surface area contributed by atoms with Crippen LogP contribution in [0.2, 0.25) is 0 Å². The molecule has 6 nitrogen and oxygen atoms in total. The summed E-state index contributed by atoms with van der Waals surface area (Å²) >= 11 is 0. The highest BCUT2D eigenvalue weighted by molar-refractivity contribution is 6.08. The molecule has 0 saturated heterocycles. The van der Waals surface area contributed by atoms with Crippen LogP contribution in [0, 0.1) is 0 Å². The molecule has 32 heavy (non-hydrogen) atoms.